The first-order valence-electron chi connectivity index (χ1n) is 2.73. The fraction of sp³-hybridized carbons (Fsp3) is 0.500. The van der Waals surface area contributed by atoms with E-state index in [1.807, 2.05) is 6.92 Å². The van der Waals surface area contributed by atoms with Crippen LogP contribution in [0.25, 0.3) is 0 Å². The molecule has 0 aromatic rings. The van der Waals surface area contributed by atoms with E-state index in [2.05, 4.69) is 0 Å². The lowest BCUT2D eigenvalue weighted by molar-refractivity contribution is -0.136. The smallest absolute Gasteiger partial charge is 0.307 e. The van der Waals surface area contributed by atoms with Crippen molar-refractivity contribution in [2.75, 3.05) is 0 Å². The van der Waals surface area contributed by atoms with Crippen molar-refractivity contribution in [3.05, 3.63) is 11.1 Å². The van der Waals surface area contributed by atoms with Crippen LogP contribution in [-0.4, -0.2) is 11.1 Å². The maximum atomic E-state index is 9.92. The number of carboxylic acids is 1. The highest BCUT2D eigenvalue weighted by Crippen LogP contribution is 2.06. The molecule has 1 N–H and O–H groups in total. The number of hydrogen-bond donors (Lipinski definition) is 1. The second kappa shape index (κ2) is 4.39. The summed E-state index contributed by atoms with van der Waals surface area (Å²) in [5.41, 5.74) is 0. The molecular formula is C6H9ClO2. The minimum Gasteiger partial charge on any atom is -0.481 e. The zero-order valence-corrected chi connectivity index (χ0v) is 5.98. The van der Waals surface area contributed by atoms with Gasteiger partial charge in [0.25, 0.3) is 0 Å². The molecule has 0 atom stereocenters. The van der Waals surface area contributed by atoms with Gasteiger partial charge in [-0.15, -0.1) is 0 Å². The third-order valence-corrected chi connectivity index (χ3v) is 1.26. The summed E-state index contributed by atoms with van der Waals surface area (Å²) in [6, 6.07) is 0. The van der Waals surface area contributed by atoms with Crippen LogP contribution in [-0.2, 0) is 4.79 Å². The predicted molar refractivity (Wildman–Crippen MR) is 36.5 cm³/mol. The van der Waals surface area contributed by atoms with Crippen LogP contribution in [0.5, 0.6) is 0 Å². The topological polar surface area (TPSA) is 37.3 Å². The van der Waals surface area contributed by atoms with Gasteiger partial charge in [0.1, 0.15) is 0 Å². The molecule has 0 amide bonds. The number of carbonyl (C=O) groups is 1. The van der Waals surface area contributed by atoms with Gasteiger partial charge in [-0.2, -0.15) is 0 Å². The fourth-order valence-electron chi connectivity index (χ4n) is 0.342. The van der Waals surface area contributed by atoms with E-state index < -0.39 is 5.97 Å². The van der Waals surface area contributed by atoms with Crippen LogP contribution >= 0.6 is 11.6 Å². The molecule has 0 radical (unpaired) electrons. The van der Waals surface area contributed by atoms with Crippen molar-refractivity contribution in [2.45, 2.75) is 19.8 Å². The first kappa shape index (κ1) is 8.50. The van der Waals surface area contributed by atoms with Crippen molar-refractivity contribution >= 4 is 17.6 Å². The number of carboxylic acid groups (broad SMARTS) is 1. The molecule has 0 bridgehead atoms. The second-order valence-electron chi connectivity index (χ2n) is 1.60. The third kappa shape index (κ3) is 5.37. The summed E-state index contributed by atoms with van der Waals surface area (Å²) in [4.78, 5) is 9.92. The van der Waals surface area contributed by atoms with Gasteiger partial charge in [-0.1, -0.05) is 24.6 Å². The molecule has 0 aromatic heterocycles. The molecule has 0 rings (SSSR count). The highest BCUT2D eigenvalue weighted by Gasteiger charge is 1.92. The van der Waals surface area contributed by atoms with Crippen molar-refractivity contribution in [3.63, 3.8) is 0 Å². The van der Waals surface area contributed by atoms with Gasteiger partial charge in [0.2, 0.25) is 0 Å². The van der Waals surface area contributed by atoms with Gasteiger partial charge < -0.3 is 5.11 Å². The van der Waals surface area contributed by atoms with Crippen molar-refractivity contribution in [3.8, 4) is 0 Å². The Morgan fingerprint density at radius 1 is 1.78 bits per heavy atom. The Morgan fingerprint density at radius 3 is 2.67 bits per heavy atom. The Labute approximate surface area is 59.1 Å². The zero-order valence-electron chi connectivity index (χ0n) is 5.22. The van der Waals surface area contributed by atoms with E-state index in [-0.39, 0.29) is 6.42 Å². The van der Waals surface area contributed by atoms with Gasteiger partial charge >= 0.3 is 5.97 Å². The fourth-order valence-corrected chi connectivity index (χ4v) is 0.420. The Morgan fingerprint density at radius 2 is 2.33 bits per heavy atom. The molecule has 0 unspecified atom stereocenters. The van der Waals surface area contributed by atoms with Crippen LogP contribution in [0.1, 0.15) is 19.8 Å². The lowest BCUT2D eigenvalue weighted by Crippen LogP contribution is -1.90. The SMILES string of the molecule is CC/C(Cl)=C\CC(=O)O. The van der Waals surface area contributed by atoms with Crippen LogP contribution in [0.15, 0.2) is 11.1 Å². The van der Waals surface area contributed by atoms with E-state index >= 15 is 0 Å². The van der Waals surface area contributed by atoms with Crippen LogP contribution in [0.4, 0.5) is 0 Å². The van der Waals surface area contributed by atoms with E-state index in [0.29, 0.717) is 11.5 Å². The first-order valence-corrected chi connectivity index (χ1v) is 3.11. The quantitative estimate of drug-likeness (QED) is 0.665. The first-order chi connectivity index (χ1) is 4.16. The highest BCUT2D eigenvalue weighted by molar-refractivity contribution is 6.29. The molecule has 3 heteroatoms. The molecule has 0 aliphatic heterocycles. The predicted octanol–water partition coefficient (Wildman–Crippen LogP) is 1.99. The van der Waals surface area contributed by atoms with Gasteiger partial charge in [0.15, 0.2) is 0 Å². The Bertz CT molecular complexity index is 129. The second-order valence-corrected chi connectivity index (χ2v) is 2.09. The third-order valence-electron chi connectivity index (χ3n) is 0.836. The van der Waals surface area contributed by atoms with Crippen molar-refractivity contribution < 1.29 is 9.90 Å². The molecular weight excluding hydrogens is 140 g/mol. The Balaban J connectivity index is 3.56. The molecule has 2 nitrogen and oxygen atoms in total. The zero-order chi connectivity index (χ0) is 7.28. The summed E-state index contributed by atoms with van der Waals surface area (Å²) < 4.78 is 0. The summed E-state index contributed by atoms with van der Waals surface area (Å²) in [7, 11) is 0. The number of allylic oxidation sites excluding steroid dienone is 1. The monoisotopic (exact) mass is 148 g/mol. The molecule has 0 heterocycles. The molecule has 52 valence electrons. The highest BCUT2D eigenvalue weighted by atomic mass is 35.5. The Kier molecular flexibility index (Phi) is 4.14. The minimum absolute atomic E-state index is 0.0205. The summed E-state index contributed by atoms with van der Waals surface area (Å²) in [6.45, 7) is 1.88. The molecule has 0 saturated heterocycles. The van der Waals surface area contributed by atoms with Crippen LogP contribution in [0.3, 0.4) is 0 Å². The minimum atomic E-state index is -0.846. The van der Waals surface area contributed by atoms with Gasteiger partial charge in [-0.05, 0) is 6.42 Å². The van der Waals surface area contributed by atoms with Crippen molar-refractivity contribution in [2.24, 2.45) is 0 Å². The van der Waals surface area contributed by atoms with E-state index in [0.717, 1.165) is 0 Å². The van der Waals surface area contributed by atoms with E-state index in [1.54, 1.807) is 0 Å². The van der Waals surface area contributed by atoms with Crippen LogP contribution in [0, 0.1) is 0 Å². The van der Waals surface area contributed by atoms with Gasteiger partial charge in [0.05, 0.1) is 6.42 Å². The molecule has 9 heavy (non-hydrogen) atoms. The summed E-state index contributed by atoms with van der Waals surface area (Å²) in [6.07, 6.45) is 2.23. The average molecular weight is 149 g/mol. The number of hydrogen-bond acceptors (Lipinski definition) is 1. The lowest BCUT2D eigenvalue weighted by atomic mass is 10.3. The van der Waals surface area contributed by atoms with E-state index in [1.165, 1.54) is 6.08 Å². The van der Waals surface area contributed by atoms with Gasteiger partial charge in [-0.25, -0.2) is 0 Å². The molecule has 0 aromatic carbocycles. The molecule has 0 aliphatic carbocycles. The van der Waals surface area contributed by atoms with Crippen LogP contribution in [0.2, 0.25) is 0 Å². The van der Waals surface area contributed by atoms with E-state index in [9.17, 15) is 4.79 Å². The Hall–Kier alpha value is -0.500. The van der Waals surface area contributed by atoms with Crippen LogP contribution < -0.4 is 0 Å². The maximum Gasteiger partial charge on any atom is 0.307 e. The summed E-state index contributed by atoms with van der Waals surface area (Å²) >= 11 is 5.51. The lowest BCUT2D eigenvalue weighted by Gasteiger charge is -1.87. The number of rotatable bonds is 3. The largest absolute Gasteiger partial charge is 0.481 e. The normalized spacial score (nSPS) is 11.6. The molecule has 0 fully saturated rings. The molecule has 0 aliphatic rings. The van der Waals surface area contributed by atoms with Gasteiger partial charge in [0, 0.05) is 5.03 Å². The average Bonchev–Trinajstić information content (AvgIpc) is 1.83. The number of halogens is 1. The summed E-state index contributed by atoms with van der Waals surface area (Å²) in [5.74, 6) is -0.846. The molecule has 0 saturated carbocycles. The standard InChI is InChI=1S/C6H9ClO2/c1-2-5(7)3-4-6(8)9/h3H,2,4H2,1H3,(H,8,9)/b5-3+. The number of aliphatic carboxylic acids is 1. The van der Waals surface area contributed by atoms with E-state index in [4.69, 9.17) is 16.7 Å². The van der Waals surface area contributed by atoms with Crippen molar-refractivity contribution in [1.82, 2.24) is 0 Å². The molecule has 0 spiro atoms. The van der Waals surface area contributed by atoms with Crippen molar-refractivity contribution in [1.29, 1.82) is 0 Å². The van der Waals surface area contributed by atoms with Gasteiger partial charge in [-0.3, -0.25) is 4.79 Å². The summed E-state index contributed by atoms with van der Waals surface area (Å²) in [5, 5.41) is 8.76. The maximum absolute atomic E-state index is 9.92.